The quantitative estimate of drug-likeness (QED) is 0.321. The zero-order valence-electron chi connectivity index (χ0n) is 21.7. The highest BCUT2D eigenvalue weighted by molar-refractivity contribution is 9.10. The summed E-state index contributed by atoms with van der Waals surface area (Å²) < 4.78 is 14.5. The van der Waals surface area contributed by atoms with Crippen molar-refractivity contribution in [2.24, 2.45) is 23.2 Å². The van der Waals surface area contributed by atoms with E-state index in [4.69, 9.17) is 5.11 Å². The molecule has 37 heavy (non-hydrogen) atoms. The number of amides is 2. The van der Waals surface area contributed by atoms with Gasteiger partial charge in [-0.2, -0.15) is 0 Å². The van der Waals surface area contributed by atoms with E-state index in [2.05, 4.69) is 47.3 Å². The highest BCUT2D eigenvalue weighted by atomic mass is 79.9. The van der Waals surface area contributed by atoms with Crippen LogP contribution in [-0.4, -0.2) is 29.4 Å². The number of halogens is 2. The molecule has 3 N–H and O–H groups in total. The van der Waals surface area contributed by atoms with Gasteiger partial charge in [-0.05, 0) is 85.3 Å². The van der Waals surface area contributed by atoms with Crippen molar-refractivity contribution in [1.29, 1.82) is 0 Å². The molecule has 1 aliphatic carbocycles. The van der Waals surface area contributed by atoms with E-state index < -0.39 is 11.8 Å². The molecular weight excluding hydrogens is 539 g/mol. The van der Waals surface area contributed by atoms with Crippen LogP contribution in [0.2, 0.25) is 0 Å². The third kappa shape index (κ3) is 8.66. The third-order valence-electron chi connectivity index (χ3n) is 7.33. The molecule has 0 aromatic heterocycles. The minimum absolute atomic E-state index is 0.0611. The van der Waals surface area contributed by atoms with Crippen molar-refractivity contribution < 1.29 is 23.9 Å². The zero-order chi connectivity index (χ0) is 27.2. The van der Waals surface area contributed by atoms with E-state index in [9.17, 15) is 18.8 Å². The van der Waals surface area contributed by atoms with Gasteiger partial charge in [0.25, 0.3) is 5.91 Å². The second-order valence-corrected chi connectivity index (χ2v) is 11.9. The van der Waals surface area contributed by atoms with Crippen molar-refractivity contribution in [2.45, 2.75) is 59.3 Å². The molecule has 2 aromatic carbocycles. The Hall–Kier alpha value is -2.74. The van der Waals surface area contributed by atoms with E-state index in [1.807, 2.05) is 12.1 Å². The zero-order valence-corrected chi connectivity index (χ0v) is 23.2. The molecule has 3 rings (SSSR count). The van der Waals surface area contributed by atoms with E-state index >= 15 is 0 Å². The summed E-state index contributed by atoms with van der Waals surface area (Å²) in [4.78, 5) is 36.4. The normalized spacial score (nSPS) is 18.6. The maximum Gasteiger partial charge on any atom is 0.305 e. The fraction of sp³-hybridized carbons (Fsp3) is 0.483. The van der Waals surface area contributed by atoms with E-state index in [0.717, 1.165) is 31.2 Å². The minimum atomic E-state index is -0.970. The van der Waals surface area contributed by atoms with Crippen LogP contribution >= 0.6 is 15.9 Å². The highest BCUT2D eigenvalue weighted by Crippen LogP contribution is 2.42. The average molecular weight is 576 g/mol. The molecule has 0 spiro atoms. The molecule has 200 valence electrons. The summed E-state index contributed by atoms with van der Waals surface area (Å²) in [5, 5.41) is 14.3. The van der Waals surface area contributed by atoms with Crippen molar-refractivity contribution in [3.8, 4) is 0 Å². The molecule has 2 amide bonds. The second-order valence-electron chi connectivity index (χ2n) is 11.0. The second kappa shape index (κ2) is 12.7. The van der Waals surface area contributed by atoms with Crippen LogP contribution in [0.15, 0.2) is 46.9 Å². The molecule has 1 saturated carbocycles. The minimum Gasteiger partial charge on any atom is -0.481 e. The standard InChI is InChI=1S/C29H36BrFN2O4/c1-29(2,3)21-10-8-19(9-11-21)25(28(37)33-24-16-22(30)15-23(31)17-24)14-18-4-6-20(7-5-18)27(36)32-13-12-26(34)35/h4-7,15-17,19,21,25H,8-14H2,1-3H3,(H,32,36)(H,33,37)(H,34,35). The first-order valence-corrected chi connectivity index (χ1v) is 13.6. The lowest BCUT2D eigenvalue weighted by molar-refractivity contribution is -0.136. The first kappa shape index (κ1) is 28.8. The number of carboxylic acids is 1. The van der Waals surface area contributed by atoms with Gasteiger partial charge in [0.15, 0.2) is 0 Å². The van der Waals surface area contributed by atoms with Crippen LogP contribution in [0.1, 0.15) is 68.8 Å². The van der Waals surface area contributed by atoms with E-state index in [-0.39, 0.29) is 42.0 Å². The number of carbonyl (C=O) groups is 3. The molecular formula is C29H36BrFN2O4. The van der Waals surface area contributed by atoms with Gasteiger partial charge >= 0.3 is 5.97 Å². The Kier molecular flexibility index (Phi) is 9.87. The molecule has 0 bridgehead atoms. The molecule has 2 aromatic rings. The number of carbonyl (C=O) groups excluding carboxylic acids is 2. The third-order valence-corrected chi connectivity index (χ3v) is 7.79. The summed E-state index contributed by atoms with van der Waals surface area (Å²) in [6.07, 6.45) is 4.42. The first-order valence-electron chi connectivity index (χ1n) is 12.8. The number of rotatable bonds is 9. The molecule has 0 heterocycles. The van der Waals surface area contributed by atoms with Gasteiger partial charge in [-0.15, -0.1) is 0 Å². The predicted octanol–water partition coefficient (Wildman–Crippen LogP) is 6.44. The van der Waals surface area contributed by atoms with Crippen molar-refractivity contribution in [3.05, 3.63) is 63.9 Å². The van der Waals surface area contributed by atoms with Gasteiger partial charge in [0.2, 0.25) is 5.91 Å². The van der Waals surface area contributed by atoms with E-state index in [0.29, 0.717) is 28.1 Å². The van der Waals surface area contributed by atoms with Gasteiger partial charge in [-0.25, -0.2) is 4.39 Å². The maximum absolute atomic E-state index is 13.9. The number of hydrogen-bond acceptors (Lipinski definition) is 3. The average Bonchev–Trinajstić information content (AvgIpc) is 2.81. The van der Waals surface area contributed by atoms with Crippen molar-refractivity contribution >= 4 is 39.4 Å². The van der Waals surface area contributed by atoms with Crippen LogP contribution in [0.5, 0.6) is 0 Å². The lowest BCUT2D eigenvalue weighted by Crippen LogP contribution is -2.35. The Morgan fingerprint density at radius 1 is 1.05 bits per heavy atom. The molecule has 0 saturated heterocycles. The Morgan fingerprint density at radius 3 is 2.27 bits per heavy atom. The Labute approximate surface area is 226 Å². The molecule has 0 aliphatic heterocycles. The lowest BCUT2D eigenvalue weighted by Gasteiger charge is -2.39. The Balaban J connectivity index is 1.74. The molecule has 1 aliphatic rings. The molecule has 1 unspecified atom stereocenters. The molecule has 6 nitrogen and oxygen atoms in total. The first-order chi connectivity index (χ1) is 17.4. The topological polar surface area (TPSA) is 95.5 Å². The largest absolute Gasteiger partial charge is 0.481 e. The van der Waals surface area contributed by atoms with Crippen LogP contribution in [-0.2, 0) is 16.0 Å². The van der Waals surface area contributed by atoms with Crippen LogP contribution in [0.4, 0.5) is 10.1 Å². The summed E-state index contributed by atoms with van der Waals surface area (Å²) >= 11 is 3.28. The molecule has 8 heteroatoms. The maximum atomic E-state index is 13.9. The molecule has 1 fully saturated rings. The van der Waals surface area contributed by atoms with Gasteiger partial charge in [0.1, 0.15) is 5.82 Å². The summed E-state index contributed by atoms with van der Waals surface area (Å²) in [6.45, 7) is 6.86. The number of carboxylic acid groups (broad SMARTS) is 1. The van der Waals surface area contributed by atoms with E-state index in [1.165, 1.54) is 12.1 Å². The van der Waals surface area contributed by atoms with Crippen molar-refractivity contribution in [3.63, 3.8) is 0 Å². The molecule has 1 atom stereocenters. The van der Waals surface area contributed by atoms with Gasteiger partial charge in [-0.3, -0.25) is 14.4 Å². The summed E-state index contributed by atoms with van der Waals surface area (Å²) in [5.74, 6) is -1.34. The Bertz CT molecular complexity index is 1090. The van der Waals surface area contributed by atoms with Gasteiger partial charge in [0.05, 0.1) is 6.42 Å². The van der Waals surface area contributed by atoms with E-state index in [1.54, 1.807) is 18.2 Å². The summed E-state index contributed by atoms with van der Waals surface area (Å²) in [6, 6.07) is 11.4. The van der Waals surface area contributed by atoms with Crippen LogP contribution in [0.25, 0.3) is 0 Å². The highest BCUT2D eigenvalue weighted by Gasteiger charge is 2.35. The fourth-order valence-corrected chi connectivity index (χ4v) is 5.62. The number of anilines is 1. The lowest BCUT2D eigenvalue weighted by atomic mass is 9.66. The van der Waals surface area contributed by atoms with Gasteiger partial charge < -0.3 is 15.7 Å². The van der Waals surface area contributed by atoms with Crippen LogP contribution in [0.3, 0.4) is 0 Å². The fourth-order valence-electron chi connectivity index (χ4n) is 5.15. The Morgan fingerprint density at radius 2 is 1.70 bits per heavy atom. The van der Waals surface area contributed by atoms with Crippen LogP contribution < -0.4 is 10.6 Å². The van der Waals surface area contributed by atoms with Crippen molar-refractivity contribution in [2.75, 3.05) is 11.9 Å². The number of hydrogen-bond donors (Lipinski definition) is 3. The molecule has 0 radical (unpaired) electrons. The number of aliphatic carboxylic acids is 1. The van der Waals surface area contributed by atoms with Crippen LogP contribution in [0, 0.1) is 29.0 Å². The van der Waals surface area contributed by atoms with Gasteiger partial charge in [-0.1, -0.05) is 48.8 Å². The number of nitrogens with one attached hydrogen (secondary N) is 2. The number of benzene rings is 2. The summed E-state index contributed by atoms with van der Waals surface area (Å²) in [7, 11) is 0. The van der Waals surface area contributed by atoms with Gasteiger partial charge in [0, 0.05) is 28.2 Å². The monoisotopic (exact) mass is 574 g/mol. The predicted molar refractivity (Wildman–Crippen MR) is 146 cm³/mol. The SMILES string of the molecule is CC(C)(C)C1CCC(C(Cc2ccc(C(=O)NCCC(=O)O)cc2)C(=O)Nc2cc(F)cc(Br)c2)CC1. The van der Waals surface area contributed by atoms with Crippen molar-refractivity contribution in [1.82, 2.24) is 5.32 Å². The summed E-state index contributed by atoms with van der Waals surface area (Å²) in [5.41, 5.74) is 2.02. The smallest absolute Gasteiger partial charge is 0.305 e.